The molecule has 3 aromatic carbocycles. The summed E-state index contributed by atoms with van der Waals surface area (Å²) in [5.74, 6) is 0.980. The Hall–Kier alpha value is -4.55. The van der Waals surface area contributed by atoms with Gasteiger partial charge in [0, 0.05) is 30.5 Å². The van der Waals surface area contributed by atoms with E-state index in [1.165, 1.54) is 18.2 Å². The van der Waals surface area contributed by atoms with E-state index in [0.717, 1.165) is 6.26 Å². The molecule has 9 nitrogen and oxygen atoms in total. The fourth-order valence-corrected chi connectivity index (χ4v) is 5.52. The fraction of sp³-hybridized carbons (Fsp3) is 0.200. The summed E-state index contributed by atoms with van der Waals surface area (Å²) in [6, 6.07) is 16.5. The van der Waals surface area contributed by atoms with Crippen LogP contribution in [0.25, 0.3) is 39.4 Å². The van der Waals surface area contributed by atoms with Gasteiger partial charge in [-0.3, -0.25) is 0 Å². The van der Waals surface area contributed by atoms with Crippen LogP contribution in [0.4, 0.5) is 8.78 Å². The third kappa shape index (κ3) is 5.03. The van der Waals surface area contributed by atoms with E-state index < -0.39 is 22.2 Å². The molecule has 1 aliphatic rings. The summed E-state index contributed by atoms with van der Waals surface area (Å²) in [7, 11) is -3.45. The summed E-state index contributed by atoms with van der Waals surface area (Å²) < 4.78 is 68.9. The number of hydrogen-bond acceptors (Lipinski definition) is 8. The first kappa shape index (κ1) is 27.6. The third-order valence-electron chi connectivity index (χ3n) is 6.83. The zero-order valence-electron chi connectivity index (χ0n) is 22.9. The van der Waals surface area contributed by atoms with E-state index in [4.69, 9.17) is 4.42 Å². The van der Waals surface area contributed by atoms with Crippen LogP contribution in [-0.4, -0.2) is 40.6 Å². The average molecular weight is 594 g/mol. The van der Waals surface area contributed by atoms with E-state index >= 15 is 0 Å². The number of aliphatic hydroxyl groups is 1. The van der Waals surface area contributed by atoms with E-state index in [2.05, 4.69) is 19.4 Å². The first-order valence-electron chi connectivity index (χ1n) is 12.9. The molecule has 0 fully saturated rings. The van der Waals surface area contributed by atoms with Gasteiger partial charge in [0.15, 0.2) is 33.0 Å². The molecule has 6 rings (SSSR count). The van der Waals surface area contributed by atoms with Gasteiger partial charge in [0.2, 0.25) is 0 Å². The van der Waals surface area contributed by atoms with Crippen molar-refractivity contribution in [1.82, 2.24) is 14.5 Å². The molecule has 12 heteroatoms. The van der Waals surface area contributed by atoms with Crippen molar-refractivity contribution in [3.8, 4) is 50.9 Å². The quantitative estimate of drug-likeness (QED) is 0.245. The maximum Gasteiger partial charge on any atom is 0.586 e. The van der Waals surface area contributed by atoms with Crippen LogP contribution in [-0.2, 0) is 9.84 Å². The van der Waals surface area contributed by atoms with Crippen molar-refractivity contribution >= 4 is 9.84 Å². The summed E-state index contributed by atoms with van der Waals surface area (Å²) >= 11 is 0. The molecule has 2 aromatic heterocycles. The molecule has 0 aliphatic carbocycles. The van der Waals surface area contributed by atoms with Crippen molar-refractivity contribution in [2.45, 2.75) is 38.1 Å². The molecule has 1 N–H and O–H groups in total. The monoisotopic (exact) mass is 593 g/mol. The summed E-state index contributed by atoms with van der Waals surface area (Å²) in [4.78, 5) is 9.32. The second-order valence-corrected chi connectivity index (χ2v) is 12.0. The minimum absolute atomic E-state index is 0.102. The van der Waals surface area contributed by atoms with Crippen molar-refractivity contribution in [2.75, 3.05) is 6.26 Å². The average Bonchev–Trinajstić information content (AvgIpc) is 3.60. The van der Waals surface area contributed by atoms with Crippen LogP contribution in [0.5, 0.6) is 11.5 Å². The normalized spacial score (nSPS) is 14.7. The van der Waals surface area contributed by atoms with Gasteiger partial charge in [-0.05, 0) is 67.4 Å². The molecular weight excluding hydrogens is 568 g/mol. The van der Waals surface area contributed by atoms with Crippen molar-refractivity contribution in [3.63, 3.8) is 0 Å². The van der Waals surface area contributed by atoms with Gasteiger partial charge < -0.3 is 23.6 Å². The molecule has 0 spiro atoms. The smallest absolute Gasteiger partial charge is 0.440 e. The Bertz CT molecular complexity index is 1960. The number of oxazole rings is 1. The first-order chi connectivity index (χ1) is 19.8. The molecule has 1 unspecified atom stereocenters. The third-order valence-corrected chi connectivity index (χ3v) is 7.94. The number of aliphatic hydroxyl groups excluding tert-OH is 1. The molecule has 216 valence electrons. The molecule has 1 atom stereocenters. The first-order valence-corrected chi connectivity index (χ1v) is 14.8. The number of fused-ring (bicyclic) bond motifs is 1. The van der Waals surface area contributed by atoms with Gasteiger partial charge in [0.05, 0.1) is 22.4 Å². The Balaban J connectivity index is 1.57. The van der Waals surface area contributed by atoms with Crippen molar-refractivity contribution in [3.05, 3.63) is 84.3 Å². The van der Waals surface area contributed by atoms with Gasteiger partial charge >= 0.3 is 6.29 Å². The lowest BCUT2D eigenvalue weighted by molar-refractivity contribution is -0.286. The van der Waals surface area contributed by atoms with E-state index in [-0.39, 0.29) is 16.4 Å². The molecule has 0 radical (unpaired) electrons. The highest BCUT2D eigenvalue weighted by Crippen LogP contribution is 2.45. The Kier molecular flexibility index (Phi) is 6.43. The molecule has 1 aliphatic heterocycles. The molecule has 0 saturated heterocycles. The van der Waals surface area contributed by atoms with Gasteiger partial charge in [-0.1, -0.05) is 18.2 Å². The van der Waals surface area contributed by atoms with Crippen LogP contribution in [0.15, 0.2) is 76.2 Å². The summed E-state index contributed by atoms with van der Waals surface area (Å²) in [6.45, 7) is 5.08. The number of benzene rings is 3. The summed E-state index contributed by atoms with van der Waals surface area (Å²) in [5, 5.41) is 10.2. The Labute approximate surface area is 239 Å². The predicted molar refractivity (Wildman–Crippen MR) is 149 cm³/mol. The van der Waals surface area contributed by atoms with E-state index in [1.54, 1.807) is 51.2 Å². The van der Waals surface area contributed by atoms with Crippen LogP contribution >= 0.6 is 0 Å². The molecule has 42 heavy (non-hydrogen) atoms. The van der Waals surface area contributed by atoms with Gasteiger partial charge in [0.1, 0.15) is 11.5 Å². The van der Waals surface area contributed by atoms with E-state index in [0.29, 0.717) is 56.8 Å². The number of sulfone groups is 1. The van der Waals surface area contributed by atoms with Gasteiger partial charge in [-0.2, -0.15) is 0 Å². The van der Waals surface area contributed by atoms with Gasteiger partial charge in [0.25, 0.3) is 0 Å². The number of ether oxygens (including phenoxy) is 2. The standard InChI is InChI=1S/C30H25F2N3O6S/c1-16(36)24-15-35(17(2)33-24)25-10-8-20(19-6-5-7-22(12-19)42(4,37)38)13-23(25)28-29(39-18(3)34-28)21-9-11-26-27(14-21)41-30(31,32)40-26/h5-16,36H,1-4H3. The zero-order chi connectivity index (χ0) is 30.0. The number of imidazole rings is 1. The largest absolute Gasteiger partial charge is 0.586 e. The van der Waals surface area contributed by atoms with Crippen LogP contribution in [0.1, 0.15) is 30.4 Å². The lowest BCUT2D eigenvalue weighted by atomic mass is 9.98. The van der Waals surface area contributed by atoms with Crippen LogP contribution in [0.3, 0.4) is 0 Å². The lowest BCUT2D eigenvalue weighted by Gasteiger charge is -2.14. The molecule has 3 heterocycles. The van der Waals surface area contributed by atoms with Crippen molar-refractivity contribution < 1.29 is 36.2 Å². The number of hydrogen-bond donors (Lipinski definition) is 1. The number of halogens is 2. The highest BCUT2D eigenvalue weighted by Gasteiger charge is 2.43. The molecule has 0 saturated carbocycles. The minimum atomic E-state index is -3.77. The van der Waals surface area contributed by atoms with E-state index in [1.807, 2.05) is 22.8 Å². The van der Waals surface area contributed by atoms with Crippen LogP contribution < -0.4 is 9.47 Å². The second-order valence-electron chi connectivity index (χ2n) is 10.0. The lowest BCUT2D eigenvalue weighted by Crippen LogP contribution is -2.25. The molecule has 0 amide bonds. The minimum Gasteiger partial charge on any atom is -0.440 e. The molecular formula is C30H25F2N3O6S. The Morgan fingerprint density at radius 1 is 0.929 bits per heavy atom. The number of aryl methyl sites for hydroxylation is 2. The van der Waals surface area contributed by atoms with Gasteiger partial charge in [-0.15, -0.1) is 8.78 Å². The van der Waals surface area contributed by atoms with Crippen molar-refractivity contribution in [2.24, 2.45) is 0 Å². The number of alkyl halides is 2. The Morgan fingerprint density at radius 3 is 2.36 bits per heavy atom. The van der Waals surface area contributed by atoms with Crippen LogP contribution in [0.2, 0.25) is 0 Å². The predicted octanol–water partition coefficient (Wildman–Crippen LogP) is 6.26. The zero-order valence-corrected chi connectivity index (χ0v) is 23.7. The maximum absolute atomic E-state index is 13.7. The maximum atomic E-state index is 13.7. The highest BCUT2D eigenvalue weighted by molar-refractivity contribution is 7.90. The van der Waals surface area contributed by atoms with Gasteiger partial charge in [-0.25, -0.2) is 18.4 Å². The number of rotatable bonds is 6. The number of nitrogens with zero attached hydrogens (tertiary/aromatic N) is 3. The SMILES string of the molecule is Cc1nc(-c2cc(-c3cccc(S(C)(=O)=O)c3)ccc2-n2cc(C(C)O)nc2C)c(-c2ccc3c(c2)OC(F)(F)O3)o1. The summed E-state index contributed by atoms with van der Waals surface area (Å²) in [5.41, 5.74) is 3.89. The second kappa shape index (κ2) is 9.78. The summed E-state index contributed by atoms with van der Waals surface area (Å²) in [6.07, 6.45) is -1.71. The molecule has 0 bridgehead atoms. The molecule has 5 aromatic rings. The van der Waals surface area contributed by atoms with Crippen LogP contribution in [0, 0.1) is 13.8 Å². The fourth-order valence-electron chi connectivity index (χ4n) is 4.86. The topological polar surface area (TPSA) is 117 Å². The van der Waals surface area contributed by atoms with E-state index in [9.17, 15) is 22.3 Å². The highest BCUT2D eigenvalue weighted by atomic mass is 32.2. The van der Waals surface area contributed by atoms with Crippen molar-refractivity contribution in [1.29, 1.82) is 0 Å². The Morgan fingerprint density at radius 2 is 1.64 bits per heavy atom. The number of aromatic nitrogens is 3.